The van der Waals surface area contributed by atoms with E-state index in [1.807, 2.05) is 20.8 Å². The summed E-state index contributed by atoms with van der Waals surface area (Å²) in [4.78, 5) is 0. The molecule has 6 heteroatoms. The number of hydrogen-bond acceptors (Lipinski definition) is 3. The Balaban J connectivity index is 2.72. The van der Waals surface area contributed by atoms with Gasteiger partial charge < -0.3 is 10.9 Å². The summed E-state index contributed by atoms with van der Waals surface area (Å²) >= 11 is 5.96. The molecule has 1 aromatic heterocycles. The molecule has 0 saturated heterocycles. The van der Waals surface area contributed by atoms with Crippen molar-refractivity contribution >= 4 is 17.4 Å². The molecule has 1 aromatic carbocycles. The number of benzene rings is 1. The van der Waals surface area contributed by atoms with Crippen molar-refractivity contribution < 1.29 is 5.21 Å². The van der Waals surface area contributed by atoms with Crippen molar-refractivity contribution in [2.24, 2.45) is 10.9 Å². The van der Waals surface area contributed by atoms with E-state index >= 15 is 0 Å². The molecule has 0 aliphatic carbocycles. The van der Waals surface area contributed by atoms with Gasteiger partial charge in [0.05, 0.1) is 11.4 Å². The molecule has 2 rings (SSSR count). The zero-order valence-electron chi connectivity index (χ0n) is 11.0. The molecule has 0 bridgehead atoms. The fourth-order valence-corrected chi connectivity index (χ4v) is 2.08. The second-order valence-corrected chi connectivity index (χ2v) is 4.79. The van der Waals surface area contributed by atoms with E-state index in [1.165, 1.54) is 0 Å². The number of aromatic nitrogens is 2. The standard InChI is InChI=1S/C13H15ClN4O/c1-7-8(2)16-18(9(7)3)12-5-4-10(14)6-11(12)13(15)17-19/h4-6,19H,1-3H3,(H2,15,17). The summed E-state index contributed by atoms with van der Waals surface area (Å²) in [6.45, 7) is 5.92. The lowest BCUT2D eigenvalue weighted by Gasteiger charge is -2.10. The lowest BCUT2D eigenvalue weighted by molar-refractivity contribution is 0.318. The van der Waals surface area contributed by atoms with Crippen LogP contribution in [0, 0.1) is 20.8 Å². The van der Waals surface area contributed by atoms with E-state index in [-0.39, 0.29) is 5.84 Å². The predicted molar refractivity (Wildman–Crippen MR) is 75.3 cm³/mol. The van der Waals surface area contributed by atoms with E-state index in [0.717, 1.165) is 22.6 Å². The Hall–Kier alpha value is -2.01. The second kappa shape index (κ2) is 4.93. The topological polar surface area (TPSA) is 76.4 Å². The van der Waals surface area contributed by atoms with Crippen LogP contribution in [-0.2, 0) is 0 Å². The summed E-state index contributed by atoms with van der Waals surface area (Å²) in [5.74, 6) is 0.00251. The van der Waals surface area contributed by atoms with Crippen LogP contribution in [-0.4, -0.2) is 20.8 Å². The van der Waals surface area contributed by atoms with Crippen LogP contribution in [0.25, 0.3) is 5.69 Å². The highest BCUT2D eigenvalue weighted by Gasteiger charge is 2.15. The monoisotopic (exact) mass is 278 g/mol. The Kier molecular flexibility index (Phi) is 3.48. The normalized spacial score (nSPS) is 11.9. The molecular formula is C13H15ClN4O. The fraction of sp³-hybridized carbons (Fsp3) is 0.231. The van der Waals surface area contributed by atoms with Crippen LogP contribution in [0.3, 0.4) is 0 Å². The first kappa shape index (κ1) is 13.4. The average molecular weight is 279 g/mol. The maximum Gasteiger partial charge on any atom is 0.172 e. The summed E-state index contributed by atoms with van der Waals surface area (Å²) in [6, 6.07) is 5.20. The average Bonchev–Trinajstić information content (AvgIpc) is 2.65. The van der Waals surface area contributed by atoms with Gasteiger partial charge in [-0.2, -0.15) is 5.10 Å². The van der Waals surface area contributed by atoms with Gasteiger partial charge in [-0.3, -0.25) is 0 Å². The van der Waals surface area contributed by atoms with Crippen molar-refractivity contribution in [2.75, 3.05) is 0 Å². The Bertz CT molecular complexity index is 661. The highest BCUT2D eigenvalue weighted by Crippen LogP contribution is 2.23. The molecule has 0 unspecified atom stereocenters. The zero-order chi connectivity index (χ0) is 14.2. The molecule has 0 aliphatic heterocycles. The fourth-order valence-electron chi connectivity index (χ4n) is 1.91. The summed E-state index contributed by atoms with van der Waals surface area (Å²) in [5, 5.41) is 16.9. The summed E-state index contributed by atoms with van der Waals surface area (Å²) in [5.41, 5.74) is 10.0. The highest BCUT2D eigenvalue weighted by atomic mass is 35.5. The Morgan fingerprint density at radius 3 is 2.58 bits per heavy atom. The zero-order valence-corrected chi connectivity index (χ0v) is 11.7. The van der Waals surface area contributed by atoms with Gasteiger partial charge in [-0.05, 0) is 44.5 Å². The van der Waals surface area contributed by atoms with Crippen LogP contribution in [0.1, 0.15) is 22.5 Å². The minimum Gasteiger partial charge on any atom is -0.409 e. The second-order valence-electron chi connectivity index (χ2n) is 4.35. The SMILES string of the molecule is Cc1nn(-c2ccc(Cl)cc2C(N)=NO)c(C)c1C. The van der Waals surface area contributed by atoms with E-state index in [4.69, 9.17) is 22.5 Å². The minimum absolute atomic E-state index is 0.00251. The van der Waals surface area contributed by atoms with E-state index < -0.39 is 0 Å². The molecule has 0 aliphatic rings. The molecule has 19 heavy (non-hydrogen) atoms. The number of oxime groups is 1. The number of aryl methyl sites for hydroxylation is 1. The number of nitrogens with two attached hydrogens (primary N) is 1. The number of hydrogen-bond donors (Lipinski definition) is 2. The van der Waals surface area contributed by atoms with Crippen LogP contribution in [0.15, 0.2) is 23.4 Å². The highest BCUT2D eigenvalue weighted by molar-refractivity contribution is 6.31. The third-order valence-corrected chi connectivity index (χ3v) is 3.46. The third kappa shape index (κ3) is 2.29. The molecule has 3 N–H and O–H groups in total. The van der Waals surface area contributed by atoms with E-state index in [1.54, 1.807) is 22.9 Å². The Labute approximate surface area is 116 Å². The number of nitrogens with zero attached hydrogens (tertiary/aromatic N) is 3. The van der Waals surface area contributed by atoms with Crippen LogP contribution in [0.2, 0.25) is 5.02 Å². The van der Waals surface area contributed by atoms with Gasteiger partial charge in [-0.1, -0.05) is 16.8 Å². The molecule has 0 radical (unpaired) electrons. The quantitative estimate of drug-likeness (QED) is 0.384. The van der Waals surface area contributed by atoms with Crippen LogP contribution in [0.4, 0.5) is 0 Å². The van der Waals surface area contributed by atoms with Crippen molar-refractivity contribution in [3.63, 3.8) is 0 Å². The summed E-state index contributed by atoms with van der Waals surface area (Å²) in [7, 11) is 0. The van der Waals surface area contributed by atoms with Gasteiger partial charge in [0.15, 0.2) is 5.84 Å². The molecule has 0 atom stereocenters. The van der Waals surface area contributed by atoms with Crippen molar-refractivity contribution in [2.45, 2.75) is 20.8 Å². The maximum atomic E-state index is 8.87. The van der Waals surface area contributed by atoms with Crippen LogP contribution in [0.5, 0.6) is 0 Å². The van der Waals surface area contributed by atoms with Gasteiger partial charge in [0.1, 0.15) is 0 Å². The lowest BCUT2D eigenvalue weighted by Crippen LogP contribution is -2.17. The molecule has 2 aromatic rings. The predicted octanol–water partition coefficient (Wildman–Crippen LogP) is 2.55. The van der Waals surface area contributed by atoms with Gasteiger partial charge >= 0.3 is 0 Å². The summed E-state index contributed by atoms with van der Waals surface area (Å²) in [6.07, 6.45) is 0. The molecule has 0 amide bonds. The van der Waals surface area contributed by atoms with E-state index in [2.05, 4.69) is 10.3 Å². The van der Waals surface area contributed by atoms with Gasteiger partial charge in [-0.25, -0.2) is 4.68 Å². The van der Waals surface area contributed by atoms with Crippen molar-refractivity contribution in [3.8, 4) is 5.69 Å². The first-order chi connectivity index (χ1) is 8.95. The Morgan fingerprint density at radius 1 is 1.37 bits per heavy atom. The molecule has 1 heterocycles. The molecule has 0 saturated carbocycles. The van der Waals surface area contributed by atoms with Gasteiger partial charge in [-0.15, -0.1) is 0 Å². The third-order valence-electron chi connectivity index (χ3n) is 3.22. The van der Waals surface area contributed by atoms with Gasteiger partial charge in [0, 0.05) is 16.3 Å². The smallest absolute Gasteiger partial charge is 0.172 e. The van der Waals surface area contributed by atoms with Crippen LogP contribution >= 0.6 is 11.6 Å². The first-order valence-corrected chi connectivity index (χ1v) is 6.14. The van der Waals surface area contributed by atoms with Crippen LogP contribution < -0.4 is 5.73 Å². The largest absolute Gasteiger partial charge is 0.409 e. The van der Waals surface area contributed by atoms with E-state index in [0.29, 0.717) is 10.6 Å². The Morgan fingerprint density at radius 2 is 2.05 bits per heavy atom. The molecule has 0 spiro atoms. The van der Waals surface area contributed by atoms with Crippen molar-refractivity contribution in [1.29, 1.82) is 0 Å². The molecular weight excluding hydrogens is 264 g/mol. The summed E-state index contributed by atoms with van der Waals surface area (Å²) < 4.78 is 1.77. The maximum absolute atomic E-state index is 8.87. The number of halogens is 1. The molecule has 0 fully saturated rings. The minimum atomic E-state index is 0.00251. The van der Waals surface area contributed by atoms with Gasteiger partial charge in [0.25, 0.3) is 0 Å². The van der Waals surface area contributed by atoms with E-state index in [9.17, 15) is 0 Å². The first-order valence-electron chi connectivity index (χ1n) is 5.76. The molecule has 100 valence electrons. The lowest BCUT2D eigenvalue weighted by atomic mass is 10.1. The van der Waals surface area contributed by atoms with Crippen molar-refractivity contribution in [3.05, 3.63) is 45.7 Å². The molecule has 5 nitrogen and oxygen atoms in total. The number of rotatable bonds is 2. The van der Waals surface area contributed by atoms with Crippen molar-refractivity contribution in [1.82, 2.24) is 9.78 Å². The van der Waals surface area contributed by atoms with Gasteiger partial charge in [0.2, 0.25) is 0 Å². The number of amidine groups is 1.